The fraction of sp³-hybridized carbons (Fsp3) is 0.500. The molecule has 1 N–H and O–H groups in total. The molecule has 2 rings (SSSR count). The zero-order valence-corrected chi connectivity index (χ0v) is 11.4. The summed E-state index contributed by atoms with van der Waals surface area (Å²) in [6, 6.07) is 0. The summed E-state index contributed by atoms with van der Waals surface area (Å²) in [6.07, 6.45) is 1.59. The van der Waals surface area contributed by atoms with Gasteiger partial charge in [-0.3, -0.25) is 24.4 Å². The summed E-state index contributed by atoms with van der Waals surface area (Å²) < 4.78 is 1.53. The van der Waals surface area contributed by atoms with E-state index in [-0.39, 0.29) is 12.5 Å². The number of nitrogens with zero attached hydrogens (tertiary/aromatic N) is 3. The quantitative estimate of drug-likeness (QED) is 0.700. The Bertz CT molecular complexity index is 574. The number of imide groups is 1. The van der Waals surface area contributed by atoms with Crippen molar-refractivity contribution in [3.05, 3.63) is 17.5 Å². The summed E-state index contributed by atoms with van der Waals surface area (Å²) >= 11 is 0. The second kappa shape index (κ2) is 4.18. The van der Waals surface area contributed by atoms with E-state index in [0.29, 0.717) is 11.3 Å². The Balaban J connectivity index is 2.39. The Morgan fingerprint density at radius 1 is 1.42 bits per heavy atom. The van der Waals surface area contributed by atoms with Crippen LogP contribution in [0.5, 0.6) is 0 Å². The number of aromatic nitrogens is 2. The maximum Gasteiger partial charge on any atom is 0.258 e. The summed E-state index contributed by atoms with van der Waals surface area (Å²) in [5, 5.41) is 6.33. The lowest BCUT2D eigenvalue weighted by atomic mass is 9.97. The fourth-order valence-corrected chi connectivity index (χ4v) is 2.06. The lowest BCUT2D eigenvalue weighted by molar-refractivity contribution is -0.143. The Kier molecular flexibility index (Phi) is 2.92. The second-order valence-corrected chi connectivity index (χ2v) is 5.13. The van der Waals surface area contributed by atoms with Crippen LogP contribution in [0.1, 0.15) is 29.9 Å². The van der Waals surface area contributed by atoms with Crippen molar-refractivity contribution in [2.75, 3.05) is 6.54 Å². The number of rotatable bonds is 1. The van der Waals surface area contributed by atoms with Gasteiger partial charge in [-0.05, 0) is 20.8 Å². The van der Waals surface area contributed by atoms with Crippen molar-refractivity contribution in [1.82, 2.24) is 20.0 Å². The van der Waals surface area contributed by atoms with Crippen LogP contribution in [0.3, 0.4) is 0 Å². The predicted octanol–water partition coefficient (Wildman–Crippen LogP) is -0.394. The van der Waals surface area contributed by atoms with Gasteiger partial charge in [-0.2, -0.15) is 5.10 Å². The molecule has 19 heavy (non-hydrogen) atoms. The van der Waals surface area contributed by atoms with Gasteiger partial charge < -0.3 is 4.90 Å². The number of hydrogen-bond acceptors (Lipinski definition) is 4. The molecule has 0 radical (unpaired) electrons. The molecule has 0 unspecified atom stereocenters. The molecule has 0 saturated carbocycles. The van der Waals surface area contributed by atoms with Crippen LogP contribution in [0.25, 0.3) is 0 Å². The van der Waals surface area contributed by atoms with Crippen molar-refractivity contribution in [3.8, 4) is 0 Å². The Morgan fingerprint density at radius 3 is 2.58 bits per heavy atom. The van der Waals surface area contributed by atoms with E-state index in [2.05, 4.69) is 10.4 Å². The molecule has 0 aliphatic carbocycles. The van der Waals surface area contributed by atoms with Gasteiger partial charge in [-0.25, -0.2) is 0 Å². The largest absolute Gasteiger partial charge is 0.315 e. The lowest BCUT2D eigenvalue weighted by Gasteiger charge is -2.39. The standard InChI is InChI=1S/C12H16N4O3/c1-7-8(5-15(4)14-7)10(18)16-6-9(17)13-11(19)12(16,2)3/h5H,6H2,1-4H3,(H,13,17,19). The van der Waals surface area contributed by atoms with Crippen molar-refractivity contribution < 1.29 is 14.4 Å². The normalized spacial score (nSPS) is 18.4. The van der Waals surface area contributed by atoms with Gasteiger partial charge in [0.1, 0.15) is 12.1 Å². The summed E-state index contributed by atoms with van der Waals surface area (Å²) in [7, 11) is 1.71. The Morgan fingerprint density at radius 2 is 2.05 bits per heavy atom. The highest BCUT2D eigenvalue weighted by atomic mass is 16.2. The molecule has 0 spiro atoms. The first-order valence-corrected chi connectivity index (χ1v) is 5.90. The van der Waals surface area contributed by atoms with E-state index in [1.54, 1.807) is 34.0 Å². The first-order valence-electron chi connectivity index (χ1n) is 5.90. The molecule has 1 aromatic rings. The van der Waals surface area contributed by atoms with Gasteiger partial charge in [-0.15, -0.1) is 0 Å². The number of amides is 3. The van der Waals surface area contributed by atoms with Gasteiger partial charge >= 0.3 is 0 Å². The molecule has 1 saturated heterocycles. The third kappa shape index (κ3) is 2.11. The van der Waals surface area contributed by atoms with Gasteiger partial charge in [0.15, 0.2) is 0 Å². The van der Waals surface area contributed by atoms with Crippen LogP contribution in [0.4, 0.5) is 0 Å². The second-order valence-electron chi connectivity index (χ2n) is 5.13. The Hall–Kier alpha value is -2.18. The molecular formula is C12H16N4O3. The highest BCUT2D eigenvalue weighted by Gasteiger charge is 2.44. The fourth-order valence-electron chi connectivity index (χ4n) is 2.06. The summed E-state index contributed by atoms with van der Waals surface area (Å²) in [6.45, 7) is 4.80. The van der Waals surface area contributed by atoms with Crippen LogP contribution in [0.2, 0.25) is 0 Å². The molecule has 1 aromatic heterocycles. The van der Waals surface area contributed by atoms with Gasteiger partial charge in [0.25, 0.3) is 11.8 Å². The highest BCUT2D eigenvalue weighted by Crippen LogP contribution is 2.22. The summed E-state index contributed by atoms with van der Waals surface area (Å²) in [5.74, 6) is -1.31. The third-order valence-corrected chi connectivity index (χ3v) is 3.27. The number of piperazine rings is 1. The van der Waals surface area contributed by atoms with Gasteiger partial charge in [0.2, 0.25) is 5.91 Å². The number of carbonyl (C=O) groups is 3. The van der Waals surface area contributed by atoms with Crippen molar-refractivity contribution in [1.29, 1.82) is 0 Å². The van der Waals surface area contributed by atoms with E-state index in [4.69, 9.17) is 0 Å². The molecule has 3 amide bonds. The van der Waals surface area contributed by atoms with E-state index in [1.165, 1.54) is 9.58 Å². The zero-order valence-electron chi connectivity index (χ0n) is 11.4. The molecule has 1 aliphatic heterocycles. The number of aryl methyl sites for hydroxylation is 2. The van der Waals surface area contributed by atoms with Crippen molar-refractivity contribution in [2.24, 2.45) is 7.05 Å². The minimum Gasteiger partial charge on any atom is -0.315 e. The number of nitrogens with one attached hydrogen (secondary N) is 1. The average molecular weight is 264 g/mol. The SMILES string of the molecule is Cc1nn(C)cc1C(=O)N1CC(=O)NC(=O)C1(C)C. The van der Waals surface area contributed by atoms with Crippen molar-refractivity contribution in [3.63, 3.8) is 0 Å². The van der Waals surface area contributed by atoms with Gasteiger partial charge in [-0.1, -0.05) is 0 Å². The van der Waals surface area contributed by atoms with E-state index in [1.807, 2.05) is 0 Å². The number of hydrogen-bond donors (Lipinski definition) is 1. The molecule has 0 atom stereocenters. The molecule has 7 nitrogen and oxygen atoms in total. The Labute approximate surface area is 110 Å². The molecule has 1 aliphatic rings. The third-order valence-electron chi connectivity index (χ3n) is 3.27. The van der Waals surface area contributed by atoms with E-state index >= 15 is 0 Å². The topological polar surface area (TPSA) is 84.3 Å². The molecule has 2 heterocycles. The van der Waals surface area contributed by atoms with E-state index in [0.717, 1.165) is 0 Å². The van der Waals surface area contributed by atoms with Crippen LogP contribution in [0.15, 0.2) is 6.20 Å². The van der Waals surface area contributed by atoms with E-state index < -0.39 is 17.4 Å². The molecular weight excluding hydrogens is 248 g/mol. The lowest BCUT2D eigenvalue weighted by Crippen LogP contribution is -2.65. The van der Waals surface area contributed by atoms with Gasteiger partial charge in [0.05, 0.1) is 11.3 Å². The minimum absolute atomic E-state index is 0.133. The molecule has 7 heteroatoms. The number of carbonyl (C=O) groups excluding carboxylic acids is 3. The van der Waals surface area contributed by atoms with Crippen molar-refractivity contribution in [2.45, 2.75) is 26.3 Å². The molecule has 0 bridgehead atoms. The molecule has 102 valence electrons. The highest BCUT2D eigenvalue weighted by molar-refractivity contribution is 6.09. The molecule has 0 aromatic carbocycles. The first-order chi connectivity index (χ1) is 8.73. The van der Waals surface area contributed by atoms with Crippen LogP contribution >= 0.6 is 0 Å². The van der Waals surface area contributed by atoms with Gasteiger partial charge in [0, 0.05) is 13.2 Å². The predicted molar refractivity (Wildman–Crippen MR) is 66.2 cm³/mol. The van der Waals surface area contributed by atoms with Crippen molar-refractivity contribution >= 4 is 17.7 Å². The zero-order chi connectivity index (χ0) is 14.4. The van der Waals surface area contributed by atoms with Crippen LogP contribution in [-0.4, -0.2) is 44.5 Å². The summed E-state index contributed by atoms with van der Waals surface area (Å²) in [5.41, 5.74) is -0.0902. The van der Waals surface area contributed by atoms with Crippen LogP contribution in [0, 0.1) is 6.92 Å². The maximum atomic E-state index is 12.5. The van der Waals surface area contributed by atoms with E-state index in [9.17, 15) is 14.4 Å². The van der Waals surface area contributed by atoms with Crippen LogP contribution < -0.4 is 5.32 Å². The smallest absolute Gasteiger partial charge is 0.258 e. The average Bonchev–Trinajstić information content (AvgIpc) is 2.62. The first kappa shape index (κ1) is 13.3. The minimum atomic E-state index is -1.06. The summed E-state index contributed by atoms with van der Waals surface area (Å²) in [4.78, 5) is 37.0. The maximum absolute atomic E-state index is 12.5. The monoisotopic (exact) mass is 264 g/mol. The molecule has 1 fully saturated rings. The van der Waals surface area contributed by atoms with Crippen LogP contribution in [-0.2, 0) is 16.6 Å².